The first-order chi connectivity index (χ1) is 11.1. The number of nitrogens with zero attached hydrogens (tertiary/aromatic N) is 2. The highest BCUT2D eigenvalue weighted by atomic mass is 32.2. The summed E-state index contributed by atoms with van der Waals surface area (Å²) >= 11 is 0. The van der Waals surface area contributed by atoms with E-state index in [1.807, 2.05) is 12.1 Å². The van der Waals surface area contributed by atoms with E-state index in [1.165, 1.54) is 6.20 Å². The monoisotopic (exact) mass is 332 g/mol. The molecule has 3 rings (SSSR count). The minimum Gasteiger partial charge on any atom is -0.508 e. The van der Waals surface area contributed by atoms with Gasteiger partial charge in [0.05, 0.1) is 0 Å². The molecule has 1 unspecified atom stereocenters. The van der Waals surface area contributed by atoms with Gasteiger partial charge in [-0.1, -0.05) is 18.6 Å². The Hall–Kier alpha value is -1.92. The molecule has 2 aromatic rings. The number of rotatable bonds is 4. The van der Waals surface area contributed by atoms with Gasteiger partial charge in [0, 0.05) is 25.0 Å². The van der Waals surface area contributed by atoms with Crippen LogP contribution in [0.3, 0.4) is 0 Å². The Labute approximate surface area is 136 Å². The predicted octanol–water partition coefficient (Wildman–Crippen LogP) is 2.57. The van der Waals surface area contributed by atoms with E-state index in [-0.39, 0.29) is 16.7 Å². The van der Waals surface area contributed by atoms with Crippen LogP contribution in [0.25, 0.3) is 0 Å². The Morgan fingerprint density at radius 2 is 1.96 bits per heavy atom. The maximum Gasteiger partial charge on any atom is 0.244 e. The number of pyridine rings is 1. The summed E-state index contributed by atoms with van der Waals surface area (Å²) in [6, 6.07) is 10.1. The second-order valence-corrected chi connectivity index (χ2v) is 7.72. The van der Waals surface area contributed by atoms with Gasteiger partial charge in [0.2, 0.25) is 10.0 Å². The van der Waals surface area contributed by atoms with E-state index in [0.717, 1.165) is 24.8 Å². The lowest BCUT2D eigenvalue weighted by atomic mass is 9.98. The topological polar surface area (TPSA) is 70.5 Å². The normalized spacial score (nSPS) is 19.6. The van der Waals surface area contributed by atoms with Crippen molar-refractivity contribution in [2.45, 2.75) is 36.6 Å². The fraction of sp³-hybridized carbons (Fsp3) is 0.353. The maximum absolute atomic E-state index is 12.9. The van der Waals surface area contributed by atoms with E-state index in [9.17, 15) is 13.5 Å². The van der Waals surface area contributed by atoms with Crippen molar-refractivity contribution < 1.29 is 13.5 Å². The fourth-order valence-corrected chi connectivity index (χ4v) is 4.69. The quantitative estimate of drug-likeness (QED) is 0.934. The molecule has 5 nitrogen and oxygen atoms in total. The molecular formula is C17H20N2O3S. The molecule has 1 atom stereocenters. The van der Waals surface area contributed by atoms with E-state index in [1.54, 1.807) is 34.8 Å². The van der Waals surface area contributed by atoms with Gasteiger partial charge < -0.3 is 5.11 Å². The summed E-state index contributed by atoms with van der Waals surface area (Å²) in [7, 11) is -3.52. The average Bonchev–Trinajstić information content (AvgIpc) is 2.58. The molecule has 1 aromatic heterocycles. The smallest absolute Gasteiger partial charge is 0.244 e. The zero-order valence-corrected chi connectivity index (χ0v) is 13.6. The maximum atomic E-state index is 12.9. The zero-order valence-electron chi connectivity index (χ0n) is 12.8. The SMILES string of the molecule is O=S(=O)(c1cccnc1)N1CCCCC1Cc1ccc(O)cc1. The van der Waals surface area contributed by atoms with Gasteiger partial charge in [0.1, 0.15) is 10.6 Å². The minimum absolute atomic E-state index is 0.0569. The highest BCUT2D eigenvalue weighted by molar-refractivity contribution is 7.89. The molecule has 0 saturated carbocycles. The second-order valence-electron chi connectivity index (χ2n) is 5.82. The number of hydrogen-bond acceptors (Lipinski definition) is 4. The number of benzene rings is 1. The molecule has 1 fully saturated rings. The van der Waals surface area contributed by atoms with Gasteiger partial charge in [-0.2, -0.15) is 4.31 Å². The van der Waals surface area contributed by atoms with Crippen molar-refractivity contribution in [3.63, 3.8) is 0 Å². The lowest BCUT2D eigenvalue weighted by Gasteiger charge is -2.34. The molecule has 23 heavy (non-hydrogen) atoms. The summed E-state index contributed by atoms with van der Waals surface area (Å²) in [5.74, 6) is 0.220. The van der Waals surface area contributed by atoms with E-state index in [0.29, 0.717) is 13.0 Å². The summed E-state index contributed by atoms with van der Waals surface area (Å²) < 4.78 is 27.4. The first-order valence-corrected chi connectivity index (χ1v) is 9.21. The molecular weight excluding hydrogens is 312 g/mol. The van der Waals surface area contributed by atoms with Crippen molar-refractivity contribution in [1.29, 1.82) is 0 Å². The molecule has 1 aliphatic rings. The van der Waals surface area contributed by atoms with E-state index < -0.39 is 10.0 Å². The summed E-state index contributed by atoms with van der Waals surface area (Å²) in [6.45, 7) is 0.542. The highest BCUT2D eigenvalue weighted by Gasteiger charge is 2.33. The van der Waals surface area contributed by atoms with Crippen molar-refractivity contribution in [1.82, 2.24) is 9.29 Å². The van der Waals surface area contributed by atoms with Gasteiger partial charge in [-0.25, -0.2) is 8.42 Å². The molecule has 1 saturated heterocycles. The van der Waals surface area contributed by atoms with Crippen LogP contribution in [0, 0.1) is 0 Å². The lowest BCUT2D eigenvalue weighted by molar-refractivity contribution is 0.251. The van der Waals surface area contributed by atoms with Crippen molar-refractivity contribution in [3.8, 4) is 5.75 Å². The lowest BCUT2D eigenvalue weighted by Crippen LogP contribution is -2.44. The third-order valence-electron chi connectivity index (χ3n) is 4.22. The van der Waals surface area contributed by atoms with E-state index in [4.69, 9.17) is 0 Å². The largest absolute Gasteiger partial charge is 0.508 e. The van der Waals surface area contributed by atoms with Crippen LogP contribution in [-0.2, 0) is 16.4 Å². The Morgan fingerprint density at radius 3 is 2.65 bits per heavy atom. The zero-order chi connectivity index (χ0) is 16.3. The minimum atomic E-state index is -3.52. The van der Waals surface area contributed by atoms with Crippen LogP contribution in [0.1, 0.15) is 24.8 Å². The molecule has 2 heterocycles. The van der Waals surface area contributed by atoms with Crippen LogP contribution in [0.15, 0.2) is 53.7 Å². The molecule has 1 N–H and O–H groups in total. The molecule has 122 valence electrons. The molecule has 0 amide bonds. The van der Waals surface area contributed by atoms with Crippen molar-refractivity contribution in [2.24, 2.45) is 0 Å². The molecule has 0 spiro atoms. The first kappa shape index (κ1) is 16.0. The van der Waals surface area contributed by atoms with Gasteiger partial charge in [0.25, 0.3) is 0 Å². The Kier molecular flexibility index (Phi) is 4.63. The molecule has 0 radical (unpaired) electrons. The van der Waals surface area contributed by atoms with Crippen LogP contribution >= 0.6 is 0 Å². The van der Waals surface area contributed by atoms with Crippen molar-refractivity contribution in [2.75, 3.05) is 6.54 Å². The van der Waals surface area contributed by atoms with Gasteiger partial charge >= 0.3 is 0 Å². The number of aromatic hydroxyl groups is 1. The van der Waals surface area contributed by atoms with Gasteiger partial charge in [-0.3, -0.25) is 4.98 Å². The third kappa shape index (κ3) is 3.54. The van der Waals surface area contributed by atoms with Gasteiger partial charge in [0.15, 0.2) is 0 Å². The summed E-state index contributed by atoms with van der Waals surface area (Å²) in [5.41, 5.74) is 1.03. The third-order valence-corrected chi connectivity index (χ3v) is 6.16. The van der Waals surface area contributed by atoms with Crippen LogP contribution in [0.4, 0.5) is 0 Å². The standard InChI is InChI=1S/C17H20N2O3S/c20-16-8-6-14(7-9-16)12-15-4-1-2-11-19(15)23(21,22)17-5-3-10-18-13-17/h3,5-10,13,15,20H,1-2,4,11-12H2. The van der Waals surface area contributed by atoms with E-state index >= 15 is 0 Å². The predicted molar refractivity (Wildman–Crippen MR) is 87.6 cm³/mol. The Morgan fingerprint density at radius 1 is 1.17 bits per heavy atom. The fourth-order valence-electron chi connectivity index (χ4n) is 3.03. The molecule has 0 bridgehead atoms. The second kappa shape index (κ2) is 6.68. The molecule has 1 aromatic carbocycles. The average molecular weight is 332 g/mol. The van der Waals surface area contributed by atoms with Crippen molar-refractivity contribution in [3.05, 3.63) is 54.4 Å². The van der Waals surface area contributed by atoms with Crippen LogP contribution in [0.2, 0.25) is 0 Å². The molecule has 1 aliphatic heterocycles. The van der Waals surface area contributed by atoms with Crippen LogP contribution in [-0.4, -0.2) is 35.4 Å². The molecule has 0 aliphatic carbocycles. The van der Waals surface area contributed by atoms with Crippen molar-refractivity contribution >= 4 is 10.0 Å². The Bertz CT molecular complexity index is 745. The van der Waals surface area contributed by atoms with Crippen LogP contribution < -0.4 is 0 Å². The summed E-state index contributed by atoms with van der Waals surface area (Å²) in [6.07, 6.45) is 6.39. The Balaban J connectivity index is 1.85. The summed E-state index contributed by atoms with van der Waals surface area (Å²) in [4.78, 5) is 4.18. The summed E-state index contributed by atoms with van der Waals surface area (Å²) in [5, 5.41) is 9.38. The van der Waals surface area contributed by atoms with Gasteiger partial charge in [-0.15, -0.1) is 0 Å². The first-order valence-electron chi connectivity index (χ1n) is 7.77. The number of phenolic OH excluding ortho intramolecular Hbond substituents is 1. The number of sulfonamides is 1. The van der Waals surface area contributed by atoms with E-state index in [2.05, 4.69) is 4.98 Å². The number of hydrogen-bond donors (Lipinski definition) is 1. The van der Waals surface area contributed by atoms with Gasteiger partial charge in [-0.05, 0) is 49.1 Å². The molecule has 6 heteroatoms. The highest BCUT2D eigenvalue weighted by Crippen LogP contribution is 2.27. The van der Waals surface area contributed by atoms with Crippen LogP contribution in [0.5, 0.6) is 5.75 Å². The number of aromatic nitrogens is 1. The number of phenols is 1. The number of piperidine rings is 1.